The molecule has 0 bridgehead atoms. The van der Waals surface area contributed by atoms with Crippen LogP contribution in [0.4, 0.5) is 0 Å². The number of nitrogens with two attached hydrogens (primary N) is 1. The Kier molecular flexibility index (Phi) is 8.02. The van der Waals surface area contributed by atoms with Gasteiger partial charge in [-0.2, -0.15) is 0 Å². The molecule has 0 saturated carbocycles. The lowest BCUT2D eigenvalue weighted by Gasteiger charge is -2.27. The molecule has 0 aromatic rings. The van der Waals surface area contributed by atoms with E-state index in [0.29, 0.717) is 13.0 Å². The Morgan fingerprint density at radius 1 is 1.26 bits per heavy atom. The van der Waals surface area contributed by atoms with E-state index in [-0.39, 0.29) is 5.91 Å². The molecule has 0 atom stereocenters. The van der Waals surface area contributed by atoms with Gasteiger partial charge < -0.3 is 20.3 Å². The standard InChI is InChI=1S/C14H29N3O2/c1-16(12-13-5-10-19-11-6-13)9-4-14(18)17(2)8-3-7-15/h13H,3-12,15H2,1-2H3. The molecule has 0 spiro atoms. The molecule has 1 aliphatic heterocycles. The molecule has 1 amide bonds. The normalized spacial score (nSPS) is 16.8. The van der Waals surface area contributed by atoms with Crippen LogP contribution in [-0.4, -0.2) is 69.2 Å². The van der Waals surface area contributed by atoms with Crippen molar-refractivity contribution in [2.75, 3.05) is 53.5 Å². The van der Waals surface area contributed by atoms with E-state index in [9.17, 15) is 4.79 Å². The van der Waals surface area contributed by atoms with Crippen molar-refractivity contribution in [2.45, 2.75) is 25.7 Å². The van der Waals surface area contributed by atoms with Gasteiger partial charge in [-0.1, -0.05) is 0 Å². The number of carbonyl (C=O) groups is 1. The molecular weight excluding hydrogens is 242 g/mol. The van der Waals surface area contributed by atoms with E-state index in [1.807, 2.05) is 7.05 Å². The molecule has 0 aromatic heterocycles. The minimum Gasteiger partial charge on any atom is -0.381 e. The second kappa shape index (κ2) is 9.28. The molecule has 0 radical (unpaired) electrons. The van der Waals surface area contributed by atoms with Gasteiger partial charge in [0.15, 0.2) is 0 Å². The van der Waals surface area contributed by atoms with Crippen molar-refractivity contribution in [1.82, 2.24) is 9.80 Å². The lowest BCUT2D eigenvalue weighted by molar-refractivity contribution is -0.130. The summed E-state index contributed by atoms with van der Waals surface area (Å²) in [6.07, 6.45) is 3.77. The summed E-state index contributed by atoms with van der Waals surface area (Å²) in [5.74, 6) is 0.941. The molecular formula is C14H29N3O2. The Bertz CT molecular complexity index is 255. The zero-order valence-electron chi connectivity index (χ0n) is 12.4. The quantitative estimate of drug-likeness (QED) is 0.700. The fourth-order valence-corrected chi connectivity index (χ4v) is 2.39. The van der Waals surface area contributed by atoms with E-state index in [0.717, 1.165) is 58.0 Å². The van der Waals surface area contributed by atoms with Crippen molar-refractivity contribution in [1.29, 1.82) is 0 Å². The van der Waals surface area contributed by atoms with Gasteiger partial charge in [0.1, 0.15) is 0 Å². The van der Waals surface area contributed by atoms with Gasteiger partial charge in [0.25, 0.3) is 0 Å². The summed E-state index contributed by atoms with van der Waals surface area (Å²) in [6, 6.07) is 0. The number of amides is 1. The van der Waals surface area contributed by atoms with Gasteiger partial charge in [-0.15, -0.1) is 0 Å². The summed E-state index contributed by atoms with van der Waals surface area (Å²) in [5.41, 5.74) is 5.45. The molecule has 1 fully saturated rings. The van der Waals surface area contributed by atoms with Crippen molar-refractivity contribution < 1.29 is 9.53 Å². The maximum Gasteiger partial charge on any atom is 0.223 e. The Balaban J connectivity index is 2.14. The Hall–Kier alpha value is -0.650. The van der Waals surface area contributed by atoms with Crippen molar-refractivity contribution in [3.63, 3.8) is 0 Å². The van der Waals surface area contributed by atoms with Gasteiger partial charge in [-0.05, 0) is 38.8 Å². The second-order valence-corrected chi connectivity index (χ2v) is 5.53. The largest absolute Gasteiger partial charge is 0.381 e. The molecule has 2 N–H and O–H groups in total. The fourth-order valence-electron chi connectivity index (χ4n) is 2.39. The van der Waals surface area contributed by atoms with Crippen LogP contribution in [0.25, 0.3) is 0 Å². The average Bonchev–Trinajstić information content (AvgIpc) is 2.43. The molecule has 1 saturated heterocycles. The van der Waals surface area contributed by atoms with Crippen molar-refractivity contribution in [3.05, 3.63) is 0 Å². The molecule has 1 aliphatic rings. The van der Waals surface area contributed by atoms with Crippen LogP contribution in [0, 0.1) is 5.92 Å². The lowest BCUT2D eigenvalue weighted by Crippen LogP contribution is -2.34. The lowest BCUT2D eigenvalue weighted by atomic mass is 10.00. The minimum absolute atomic E-state index is 0.215. The highest BCUT2D eigenvalue weighted by Gasteiger charge is 2.16. The monoisotopic (exact) mass is 271 g/mol. The summed E-state index contributed by atoms with van der Waals surface area (Å²) in [7, 11) is 3.96. The molecule has 5 nitrogen and oxygen atoms in total. The van der Waals surface area contributed by atoms with Crippen LogP contribution >= 0.6 is 0 Å². The van der Waals surface area contributed by atoms with Crippen LogP contribution in [0.5, 0.6) is 0 Å². The van der Waals surface area contributed by atoms with Crippen LogP contribution in [0.2, 0.25) is 0 Å². The summed E-state index contributed by atoms with van der Waals surface area (Å²) >= 11 is 0. The first-order chi connectivity index (χ1) is 9.13. The van der Waals surface area contributed by atoms with Crippen LogP contribution in [0.15, 0.2) is 0 Å². The smallest absolute Gasteiger partial charge is 0.223 e. The van der Waals surface area contributed by atoms with Gasteiger partial charge in [0.05, 0.1) is 0 Å². The van der Waals surface area contributed by atoms with E-state index < -0.39 is 0 Å². The first kappa shape index (κ1) is 16.4. The third kappa shape index (κ3) is 6.89. The molecule has 1 heterocycles. The fraction of sp³-hybridized carbons (Fsp3) is 0.929. The van der Waals surface area contributed by atoms with Gasteiger partial charge >= 0.3 is 0 Å². The van der Waals surface area contributed by atoms with Crippen LogP contribution in [0.1, 0.15) is 25.7 Å². The Morgan fingerprint density at radius 3 is 2.58 bits per heavy atom. The summed E-state index contributed by atoms with van der Waals surface area (Å²) in [6.45, 7) is 5.09. The van der Waals surface area contributed by atoms with Crippen LogP contribution < -0.4 is 5.73 Å². The van der Waals surface area contributed by atoms with Crippen molar-refractivity contribution >= 4 is 5.91 Å². The van der Waals surface area contributed by atoms with Crippen LogP contribution in [0.3, 0.4) is 0 Å². The van der Waals surface area contributed by atoms with E-state index in [4.69, 9.17) is 10.5 Å². The Morgan fingerprint density at radius 2 is 1.95 bits per heavy atom. The number of hydrogen-bond donors (Lipinski definition) is 1. The number of hydrogen-bond acceptors (Lipinski definition) is 4. The molecule has 1 rings (SSSR count). The summed E-state index contributed by atoms with van der Waals surface area (Å²) in [4.78, 5) is 15.9. The highest BCUT2D eigenvalue weighted by molar-refractivity contribution is 5.76. The highest BCUT2D eigenvalue weighted by atomic mass is 16.5. The molecule has 5 heteroatoms. The predicted octanol–water partition coefficient (Wildman–Crippen LogP) is 0.542. The molecule has 0 aliphatic carbocycles. The number of ether oxygens (including phenoxy) is 1. The zero-order chi connectivity index (χ0) is 14.1. The second-order valence-electron chi connectivity index (χ2n) is 5.53. The van der Waals surface area contributed by atoms with E-state index in [1.54, 1.807) is 4.90 Å². The SMILES string of the molecule is CN(CCC(=O)N(C)CCCN)CC1CCOCC1. The van der Waals surface area contributed by atoms with E-state index in [1.165, 1.54) is 0 Å². The number of nitrogens with zero attached hydrogens (tertiary/aromatic N) is 2. The summed E-state index contributed by atoms with van der Waals surface area (Å²) in [5, 5.41) is 0. The Labute approximate surface area is 117 Å². The third-order valence-corrected chi connectivity index (χ3v) is 3.74. The minimum atomic E-state index is 0.215. The average molecular weight is 271 g/mol. The van der Waals surface area contributed by atoms with Gasteiger partial charge in [0, 0.05) is 46.3 Å². The predicted molar refractivity (Wildman–Crippen MR) is 77.0 cm³/mol. The topological polar surface area (TPSA) is 58.8 Å². The zero-order valence-corrected chi connectivity index (χ0v) is 12.4. The number of carbonyl (C=O) groups excluding carboxylic acids is 1. The maximum absolute atomic E-state index is 11.9. The van der Waals surface area contributed by atoms with Crippen LogP contribution in [-0.2, 0) is 9.53 Å². The molecule has 112 valence electrons. The van der Waals surface area contributed by atoms with Gasteiger partial charge in [-0.25, -0.2) is 0 Å². The van der Waals surface area contributed by atoms with Gasteiger partial charge in [-0.3, -0.25) is 4.79 Å². The maximum atomic E-state index is 11.9. The molecule has 0 aromatic carbocycles. The number of rotatable bonds is 8. The first-order valence-corrected chi connectivity index (χ1v) is 7.33. The third-order valence-electron chi connectivity index (χ3n) is 3.74. The van der Waals surface area contributed by atoms with Crippen molar-refractivity contribution in [3.8, 4) is 0 Å². The highest BCUT2D eigenvalue weighted by Crippen LogP contribution is 2.15. The molecule has 0 unspecified atom stereocenters. The first-order valence-electron chi connectivity index (χ1n) is 7.33. The van der Waals surface area contributed by atoms with E-state index >= 15 is 0 Å². The summed E-state index contributed by atoms with van der Waals surface area (Å²) < 4.78 is 5.36. The van der Waals surface area contributed by atoms with Gasteiger partial charge in [0.2, 0.25) is 5.91 Å². The van der Waals surface area contributed by atoms with E-state index in [2.05, 4.69) is 11.9 Å². The van der Waals surface area contributed by atoms with Crippen molar-refractivity contribution in [2.24, 2.45) is 11.7 Å². The molecule has 19 heavy (non-hydrogen) atoms.